The maximum Gasteiger partial charge on any atom is 0.332 e. The van der Waals surface area contributed by atoms with E-state index in [1.807, 2.05) is 0 Å². The molecule has 0 saturated heterocycles. The van der Waals surface area contributed by atoms with Gasteiger partial charge in [-0.1, -0.05) is 12.1 Å². The van der Waals surface area contributed by atoms with Gasteiger partial charge in [0, 0.05) is 18.7 Å². The molecule has 1 aliphatic heterocycles. The van der Waals surface area contributed by atoms with E-state index in [-0.39, 0.29) is 36.3 Å². The molecule has 0 radical (unpaired) electrons. The van der Waals surface area contributed by atoms with Crippen LogP contribution in [0.15, 0.2) is 58.6 Å². The number of carbonyl (C=O) groups is 2. The van der Waals surface area contributed by atoms with Gasteiger partial charge in [-0.05, 0) is 35.9 Å². The van der Waals surface area contributed by atoms with E-state index in [0.717, 1.165) is 14.7 Å². The molecule has 0 aliphatic carbocycles. The molecule has 10 heteroatoms. The zero-order chi connectivity index (χ0) is 22.8. The maximum atomic E-state index is 12.8. The summed E-state index contributed by atoms with van der Waals surface area (Å²) in [5.41, 5.74) is 5.21. The Morgan fingerprint density at radius 3 is 2.62 bits per heavy atom. The van der Waals surface area contributed by atoms with Crippen molar-refractivity contribution < 1.29 is 19.1 Å². The average molecular weight is 436 g/mol. The Kier molecular flexibility index (Phi) is 5.50. The summed E-state index contributed by atoms with van der Waals surface area (Å²) in [6.45, 7) is 3.47. The number of nitrogens with zero attached hydrogens (tertiary/aromatic N) is 2. The summed E-state index contributed by atoms with van der Waals surface area (Å²) in [6.07, 6.45) is 1.40. The molecule has 2 heterocycles. The van der Waals surface area contributed by atoms with Gasteiger partial charge in [0.05, 0.1) is 10.9 Å². The maximum absolute atomic E-state index is 12.8. The summed E-state index contributed by atoms with van der Waals surface area (Å²) in [5, 5.41) is 2.96. The molecule has 0 atom stereocenters. The predicted molar refractivity (Wildman–Crippen MR) is 116 cm³/mol. The van der Waals surface area contributed by atoms with E-state index in [9.17, 15) is 19.2 Å². The molecule has 2 amide bonds. The fourth-order valence-electron chi connectivity index (χ4n) is 3.49. The number of primary amides is 1. The molecule has 1 aromatic heterocycles. The van der Waals surface area contributed by atoms with Crippen molar-refractivity contribution >= 4 is 22.7 Å². The minimum absolute atomic E-state index is 0.0237. The van der Waals surface area contributed by atoms with Crippen molar-refractivity contribution in [3.05, 3.63) is 81.0 Å². The van der Waals surface area contributed by atoms with Crippen molar-refractivity contribution in [3.63, 3.8) is 0 Å². The molecule has 0 bridgehead atoms. The van der Waals surface area contributed by atoms with Gasteiger partial charge in [-0.15, -0.1) is 6.58 Å². The molecule has 3 N–H and O–H groups in total. The minimum Gasteiger partial charge on any atom is -0.454 e. The highest BCUT2D eigenvalue weighted by Gasteiger charge is 2.17. The van der Waals surface area contributed by atoms with Crippen LogP contribution in [0, 0.1) is 0 Å². The number of rotatable bonds is 7. The number of benzene rings is 2. The highest BCUT2D eigenvalue weighted by Crippen LogP contribution is 2.32. The number of nitrogens with one attached hydrogen (secondary N) is 1. The molecule has 0 saturated carbocycles. The second-order valence-corrected chi connectivity index (χ2v) is 7.14. The molecule has 1 aliphatic rings. The number of ether oxygens (including phenoxy) is 2. The van der Waals surface area contributed by atoms with Gasteiger partial charge in [0.25, 0.3) is 11.5 Å². The predicted octanol–water partition coefficient (Wildman–Crippen LogP) is 0.493. The van der Waals surface area contributed by atoms with Gasteiger partial charge >= 0.3 is 5.69 Å². The van der Waals surface area contributed by atoms with Crippen molar-refractivity contribution in [2.75, 3.05) is 6.79 Å². The Bertz CT molecular complexity index is 1370. The van der Waals surface area contributed by atoms with E-state index in [2.05, 4.69) is 11.9 Å². The quantitative estimate of drug-likeness (QED) is 0.518. The van der Waals surface area contributed by atoms with Gasteiger partial charge in [-0.3, -0.25) is 23.5 Å². The van der Waals surface area contributed by atoms with E-state index < -0.39 is 29.6 Å². The van der Waals surface area contributed by atoms with Crippen LogP contribution in [0.3, 0.4) is 0 Å². The van der Waals surface area contributed by atoms with Gasteiger partial charge < -0.3 is 20.5 Å². The molecule has 4 rings (SSSR count). The lowest BCUT2D eigenvalue weighted by Gasteiger charge is -2.13. The number of carbonyl (C=O) groups excluding carboxylic acids is 2. The molecule has 32 heavy (non-hydrogen) atoms. The summed E-state index contributed by atoms with van der Waals surface area (Å²) in [6, 6.07) is 9.67. The second kappa shape index (κ2) is 8.42. The van der Waals surface area contributed by atoms with Crippen LogP contribution in [0.25, 0.3) is 10.9 Å². The summed E-state index contributed by atoms with van der Waals surface area (Å²) >= 11 is 0. The molecule has 0 unspecified atom stereocenters. The summed E-state index contributed by atoms with van der Waals surface area (Å²) in [5.74, 6) is 0.0747. The van der Waals surface area contributed by atoms with E-state index in [1.54, 1.807) is 18.2 Å². The third-order valence-electron chi connectivity index (χ3n) is 5.00. The van der Waals surface area contributed by atoms with Gasteiger partial charge in [0.15, 0.2) is 11.5 Å². The van der Waals surface area contributed by atoms with Gasteiger partial charge in [0.2, 0.25) is 12.7 Å². The normalized spacial score (nSPS) is 12.0. The first-order chi connectivity index (χ1) is 15.4. The number of fused-ring (bicyclic) bond motifs is 2. The van der Waals surface area contributed by atoms with E-state index in [4.69, 9.17) is 15.2 Å². The largest absolute Gasteiger partial charge is 0.454 e. The second-order valence-electron chi connectivity index (χ2n) is 7.14. The lowest BCUT2D eigenvalue weighted by atomic mass is 10.1. The first-order valence-corrected chi connectivity index (χ1v) is 9.72. The molecule has 3 aromatic rings. The zero-order valence-corrected chi connectivity index (χ0v) is 17.0. The number of nitrogens with two attached hydrogens (primary N) is 1. The average Bonchev–Trinajstić information content (AvgIpc) is 3.25. The number of allylic oxidation sites excluding steroid dienone is 1. The lowest BCUT2D eigenvalue weighted by molar-refractivity contribution is -0.118. The van der Waals surface area contributed by atoms with Crippen LogP contribution < -0.4 is 31.8 Å². The molecule has 0 spiro atoms. The molecular weight excluding hydrogens is 416 g/mol. The third kappa shape index (κ3) is 3.85. The number of amides is 2. The highest BCUT2D eigenvalue weighted by molar-refractivity contribution is 5.97. The standard InChI is InChI=1S/C22H20N4O6/c1-2-7-25-21(29)15-5-4-14(9-16(15)26(22(25)30)11-19(23)27)20(28)24-10-13-3-6-17-18(8-13)32-12-31-17/h2-6,8-9H,1,7,10-12H2,(H2,23,27)(H,24,28). The Hall–Kier alpha value is -4.34. The van der Waals surface area contributed by atoms with Crippen molar-refractivity contribution in [2.24, 2.45) is 5.73 Å². The van der Waals surface area contributed by atoms with Crippen molar-refractivity contribution in [1.82, 2.24) is 14.5 Å². The fourth-order valence-corrected chi connectivity index (χ4v) is 3.49. The van der Waals surface area contributed by atoms with Crippen molar-refractivity contribution in [2.45, 2.75) is 19.6 Å². The Morgan fingerprint density at radius 1 is 1.09 bits per heavy atom. The van der Waals surface area contributed by atoms with E-state index >= 15 is 0 Å². The van der Waals surface area contributed by atoms with Crippen LogP contribution in [0.2, 0.25) is 0 Å². The Labute approximate surface area is 181 Å². The van der Waals surface area contributed by atoms with Crippen molar-refractivity contribution in [3.8, 4) is 11.5 Å². The highest BCUT2D eigenvalue weighted by atomic mass is 16.7. The topological polar surface area (TPSA) is 135 Å². The van der Waals surface area contributed by atoms with Gasteiger partial charge in [-0.25, -0.2) is 4.79 Å². The van der Waals surface area contributed by atoms with Crippen LogP contribution in [0.4, 0.5) is 0 Å². The summed E-state index contributed by atoms with van der Waals surface area (Å²) in [7, 11) is 0. The fraction of sp³-hybridized carbons (Fsp3) is 0.182. The molecule has 164 valence electrons. The smallest absolute Gasteiger partial charge is 0.332 e. The van der Waals surface area contributed by atoms with Crippen LogP contribution >= 0.6 is 0 Å². The van der Waals surface area contributed by atoms with Gasteiger partial charge in [-0.2, -0.15) is 0 Å². The monoisotopic (exact) mass is 436 g/mol. The van der Waals surface area contributed by atoms with Crippen LogP contribution in [0.5, 0.6) is 11.5 Å². The minimum atomic E-state index is -0.755. The van der Waals surface area contributed by atoms with Crippen LogP contribution in [-0.4, -0.2) is 27.7 Å². The SMILES string of the molecule is C=CCn1c(=O)c2ccc(C(=O)NCc3ccc4c(c3)OCO4)cc2n(CC(N)=O)c1=O. The number of hydrogen-bond donors (Lipinski definition) is 2. The Morgan fingerprint density at radius 2 is 1.88 bits per heavy atom. The first kappa shape index (κ1) is 20.9. The lowest BCUT2D eigenvalue weighted by Crippen LogP contribution is -2.41. The molecule has 2 aromatic carbocycles. The third-order valence-corrected chi connectivity index (χ3v) is 5.00. The summed E-state index contributed by atoms with van der Waals surface area (Å²) < 4.78 is 12.6. The van der Waals surface area contributed by atoms with Crippen molar-refractivity contribution in [1.29, 1.82) is 0 Å². The summed E-state index contributed by atoms with van der Waals surface area (Å²) in [4.78, 5) is 49.7. The zero-order valence-electron chi connectivity index (χ0n) is 17.0. The van der Waals surface area contributed by atoms with Crippen LogP contribution in [0.1, 0.15) is 15.9 Å². The Balaban J connectivity index is 1.67. The van der Waals surface area contributed by atoms with Gasteiger partial charge in [0.1, 0.15) is 6.54 Å². The van der Waals surface area contributed by atoms with Crippen LogP contribution in [-0.2, 0) is 24.4 Å². The number of aromatic nitrogens is 2. The molecular formula is C22H20N4O6. The number of hydrogen-bond acceptors (Lipinski definition) is 6. The molecule has 0 fully saturated rings. The molecule has 10 nitrogen and oxygen atoms in total. The first-order valence-electron chi connectivity index (χ1n) is 9.72. The van der Waals surface area contributed by atoms with E-state index in [1.165, 1.54) is 24.3 Å². The van der Waals surface area contributed by atoms with E-state index in [0.29, 0.717) is 11.5 Å².